The smallest absolute Gasteiger partial charge is 0.337 e. The highest BCUT2D eigenvalue weighted by Gasteiger charge is 2.17. The van der Waals surface area contributed by atoms with Crippen LogP contribution in [0, 0.1) is 0 Å². The van der Waals surface area contributed by atoms with Crippen molar-refractivity contribution in [1.29, 1.82) is 0 Å². The predicted octanol–water partition coefficient (Wildman–Crippen LogP) is 0.201. The molecule has 1 aromatic carbocycles. The second-order valence-corrected chi connectivity index (χ2v) is 3.60. The number of hydrogen-bond donors (Lipinski definition) is 2. The zero-order valence-corrected chi connectivity index (χ0v) is 9.47. The van der Waals surface area contributed by atoms with E-state index < -0.39 is 17.6 Å². The maximum absolute atomic E-state index is 11.7. The van der Waals surface area contributed by atoms with Gasteiger partial charge in [-0.05, 0) is 12.1 Å². The van der Waals surface area contributed by atoms with Crippen molar-refractivity contribution in [2.24, 2.45) is 0 Å². The molecule has 0 bridgehead atoms. The molecule has 7 heteroatoms. The highest BCUT2D eigenvalue weighted by molar-refractivity contribution is 6.01. The molecule has 0 spiro atoms. The third-order valence-electron chi connectivity index (χ3n) is 2.54. The monoisotopic (exact) mass is 250 g/mol. The molecule has 0 aliphatic heterocycles. The Morgan fingerprint density at radius 3 is 2.78 bits per heavy atom. The lowest BCUT2D eigenvalue weighted by Gasteiger charge is -2.04. The van der Waals surface area contributed by atoms with E-state index in [0.717, 1.165) is 4.57 Å². The number of methoxy groups -OCH3 is 1. The van der Waals surface area contributed by atoms with Crippen LogP contribution in [0.25, 0.3) is 11.0 Å². The molecule has 2 N–H and O–H groups in total. The Kier molecular flexibility index (Phi) is 2.88. The van der Waals surface area contributed by atoms with Gasteiger partial charge in [0.15, 0.2) is 0 Å². The molecule has 0 amide bonds. The standard InChI is InChI=1S/C11H10N2O5/c1-18-8(14)5-13-9-6(10(15)16)3-2-4-7(9)12-11(13)17/h2-4H,5H2,1H3,(H,12,17)(H,15,16). The van der Waals surface area contributed by atoms with Gasteiger partial charge in [0.2, 0.25) is 0 Å². The first-order valence-corrected chi connectivity index (χ1v) is 5.06. The summed E-state index contributed by atoms with van der Waals surface area (Å²) in [6, 6.07) is 4.45. The van der Waals surface area contributed by atoms with E-state index in [2.05, 4.69) is 9.72 Å². The van der Waals surface area contributed by atoms with Crippen LogP contribution in [-0.4, -0.2) is 33.7 Å². The summed E-state index contributed by atoms with van der Waals surface area (Å²) in [4.78, 5) is 36.5. The van der Waals surface area contributed by atoms with Crippen LogP contribution in [0.4, 0.5) is 0 Å². The minimum absolute atomic E-state index is 0.0465. The van der Waals surface area contributed by atoms with E-state index in [9.17, 15) is 14.4 Å². The van der Waals surface area contributed by atoms with E-state index in [1.165, 1.54) is 19.2 Å². The number of H-pyrrole nitrogens is 1. The molecular weight excluding hydrogens is 240 g/mol. The van der Waals surface area contributed by atoms with Crippen LogP contribution in [-0.2, 0) is 16.1 Å². The molecule has 2 rings (SSSR count). The average molecular weight is 250 g/mol. The van der Waals surface area contributed by atoms with Crippen molar-refractivity contribution in [3.05, 3.63) is 34.2 Å². The van der Waals surface area contributed by atoms with Crippen molar-refractivity contribution >= 4 is 23.0 Å². The molecule has 94 valence electrons. The van der Waals surface area contributed by atoms with Gasteiger partial charge in [-0.3, -0.25) is 9.36 Å². The number of aromatic carboxylic acids is 1. The normalized spacial score (nSPS) is 10.5. The molecular formula is C11H10N2O5. The Hall–Kier alpha value is -2.57. The first-order chi connectivity index (χ1) is 8.54. The molecule has 1 aromatic heterocycles. The van der Waals surface area contributed by atoms with Gasteiger partial charge in [-0.2, -0.15) is 0 Å². The maximum atomic E-state index is 11.7. The molecule has 7 nitrogen and oxygen atoms in total. The molecule has 0 aliphatic carbocycles. The number of rotatable bonds is 3. The van der Waals surface area contributed by atoms with E-state index >= 15 is 0 Å². The highest BCUT2D eigenvalue weighted by atomic mass is 16.5. The van der Waals surface area contributed by atoms with Crippen molar-refractivity contribution < 1.29 is 19.4 Å². The third kappa shape index (κ3) is 1.86. The number of aromatic amines is 1. The van der Waals surface area contributed by atoms with Crippen molar-refractivity contribution in [2.45, 2.75) is 6.54 Å². The first kappa shape index (κ1) is 11.9. The summed E-state index contributed by atoms with van der Waals surface area (Å²) >= 11 is 0. The summed E-state index contributed by atoms with van der Waals surface area (Å²) < 4.78 is 5.51. The van der Waals surface area contributed by atoms with E-state index in [-0.39, 0.29) is 17.6 Å². The Labute approximate surface area is 101 Å². The molecule has 2 aromatic rings. The summed E-state index contributed by atoms with van der Waals surface area (Å²) in [6.45, 7) is -0.334. The molecule has 0 radical (unpaired) electrons. The van der Waals surface area contributed by atoms with Crippen LogP contribution in [0.5, 0.6) is 0 Å². The number of benzene rings is 1. The number of fused-ring (bicyclic) bond motifs is 1. The van der Waals surface area contributed by atoms with Gasteiger partial charge in [0, 0.05) is 0 Å². The summed E-state index contributed by atoms with van der Waals surface area (Å²) in [5.41, 5.74) is -0.0527. The van der Waals surface area contributed by atoms with Gasteiger partial charge >= 0.3 is 17.6 Å². The van der Waals surface area contributed by atoms with Gasteiger partial charge in [-0.25, -0.2) is 9.59 Å². The topological polar surface area (TPSA) is 101 Å². The zero-order chi connectivity index (χ0) is 13.3. The van der Waals surface area contributed by atoms with Crippen LogP contribution in [0.15, 0.2) is 23.0 Å². The highest BCUT2D eigenvalue weighted by Crippen LogP contribution is 2.16. The van der Waals surface area contributed by atoms with Crippen LogP contribution in [0.2, 0.25) is 0 Å². The largest absolute Gasteiger partial charge is 0.478 e. The van der Waals surface area contributed by atoms with Gasteiger partial charge in [0.1, 0.15) is 6.54 Å². The Morgan fingerprint density at radius 2 is 2.17 bits per heavy atom. The minimum atomic E-state index is -1.17. The lowest BCUT2D eigenvalue weighted by atomic mass is 10.2. The number of carboxylic acids is 1. The number of hydrogen-bond acceptors (Lipinski definition) is 4. The number of carbonyl (C=O) groups excluding carboxylic acids is 1. The lowest BCUT2D eigenvalue weighted by molar-refractivity contribution is -0.141. The van der Waals surface area contributed by atoms with Crippen molar-refractivity contribution in [1.82, 2.24) is 9.55 Å². The molecule has 1 heterocycles. The molecule has 0 fully saturated rings. The zero-order valence-electron chi connectivity index (χ0n) is 9.47. The minimum Gasteiger partial charge on any atom is -0.478 e. The number of carboxylic acid groups (broad SMARTS) is 1. The number of aromatic nitrogens is 2. The second kappa shape index (κ2) is 4.36. The third-order valence-corrected chi connectivity index (χ3v) is 2.54. The molecule has 18 heavy (non-hydrogen) atoms. The fraction of sp³-hybridized carbons (Fsp3) is 0.182. The van der Waals surface area contributed by atoms with Gasteiger partial charge in [0.05, 0.1) is 23.7 Å². The molecule has 0 aliphatic rings. The van der Waals surface area contributed by atoms with E-state index in [1.807, 2.05) is 0 Å². The van der Waals surface area contributed by atoms with Crippen LogP contribution in [0.1, 0.15) is 10.4 Å². The fourth-order valence-electron chi connectivity index (χ4n) is 1.74. The van der Waals surface area contributed by atoms with Crippen molar-refractivity contribution in [2.75, 3.05) is 7.11 Å². The van der Waals surface area contributed by atoms with Crippen molar-refractivity contribution in [3.8, 4) is 0 Å². The Bertz CT molecular complexity index is 682. The summed E-state index contributed by atoms with van der Waals surface area (Å²) in [5, 5.41) is 9.06. The molecule has 0 saturated heterocycles. The Morgan fingerprint density at radius 1 is 1.44 bits per heavy atom. The van der Waals surface area contributed by atoms with Gasteiger partial charge in [0.25, 0.3) is 0 Å². The maximum Gasteiger partial charge on any atom is 0.337 e. The van der Waals surface area contributed by atoms with E-state index in [0.29, 0.717) is 5.52 Å². The summed E-state index contributed by atoms with van der Waals surface area (Å²) in [5.74, 6) is -1.79. The van der Waals surface area contributed by atoms with Gasteiger partial charge in [-0.1, -0.05) is 6.07 Å². The van der Waals surface area contributed by atoms with Gasteiger partial charge < -0.3 is 14.8 Å². The fourth-order valence-corrected chi connectivity index (χ4v) is 1.74. The second-order valence-electron chi connectivity index (χ2n) is 3.60. The van der Waals surface area contributed by atoms with E-state index in [4.69, 9.17) is 5.11 Å². The SMILES string of the molecule is COC(=O)Cn1c(=O)[nH]c2cccc(C(=O)O)c21. The van der Waals surface area contributed by atoms with Crippen LogP contribution >= 0.6 is 0 Å². The lowest BCUT2D eigenvalue weighted by Crippen LogP contribution is -2.23. The molecule has 0 unspecified atom stereocenters. The van der Waals surface area contributed by atoms with Crippen molar-refractivity contribution in [3.63, 3.8) is 0 Å². The summed E-state index contributed by atoms with van der Waals surface area (Å²) in [7, 11) is 1.19. The number of nitrogens with zero attached hydrogens (tertiary/aromatic N) is 1. The van der Waals surface area contributed by atoms with Crippen LogP contribution in [0.3, 0.4) is 0 Å². The van der Waals surface area contributed by atoms with Gasteiger partial charge in [-0.15, -0.1) is 0 Å². The summed E-state index contributed by atoms with van der Waals surface area (Å²) in [6.07, 6.45) is 0. The molecule has 0 saturated carbocycles. The molecule has 0 atom stereocenters. The quantitative estimate of drug-likeness (QED) is 0.758. The number of imidazole rings is 1. The number of carbonyl (C=O) groups is 2. The first-order valence-electron chi connectivity index (χ1n) is 5.06. The Balaban J connectivity index is 2.71. The number of ether oxygens (including phenoxy) is 1. The number of esters is 1. The van der Waals surface area contributed by atoms with E-state index in [1.54, 1.807) is 6.07 Å². The average Bonchev–Trinajstić information content (AvgIpc) is 2.65. The number of para-hydroxylation sites is 1. The predicted molar refractivity (Wildman–Crippen MR) is 61.5 cm³/mol. The number of nitrogens with one attached hydrogen (secondary N) is 1. The van der Waals surface area contributed by atoms with Crippen LogP contribution < -0.4 is 5.69 Å².